The van der Waals surface area contributed by atoms with E-state index >= 15 is 0 Å². The minimum atomic E-state index is -4.45. The normalized spacial score (nSPS) is 13.7. The van der Waals surface area contributed by atoms with Crippen LogP contribution in [0, 0.1) is 0 Å². The lowest BCUT2D eigenvalue weighted by Gasteiger charge is -2.14. The van der Waals surface area contributed by atoms with Crippen molar-refractivity contribution in [3.63, 3.8) is 0 Å². The Morgan fingerprint density at radius 1 is 1.40 bits per heavy atom. The third-order valence-corrected chi connectivity index (χ3v) is 3.05. The SMILES string of the molecule is CCCCC(C)Nc1nccn2nc(C(F)(F)F)cc12. The van der Waals surface area contributed by atoms with E-state index in [1.807, 2.05) is 6.92 Å². The second kappa shape index (κ2) is 5.68. The van der Waals surface area contributed by atoms with Gasteiger partial charge >= 0.3 is 6.18 Å². The first-order valence-corrected chi connectivity index (χ1v) is 6.60. The summed E-state index contributed by atoms with van der Waals surface area (Å²) in [4.78, 5) is 4.11. The first-order valence-electron chi connectivity index (χ1n) is 6.60. The summed E-state index contributed by atoms with van der Waals surface area (Å²) in [5.74, 6) is 0.430. The monoisotopic (exact) mass is 286 g/mol. The molecule has 2 rings (SSSR count). The topological polar surface area (TPSA) is 42.2 Å². The molecule has 1 N–H and O–H groups in total. The van der Waals surface area contributed by atoms with Crippen LogP contribution in [0.25, 0.3) is 5.52 Å². The molecule has 0 aliphatic rings. The minimum absolute atomic E-state index is 0.151. The molecular weight excluding hydrogens is 269 g/mol. The van der Waals surface area contributed by atoms with E-state index < -0.39 is 11.9 Å². The fourth-order valence-electron chi connectivity index (χ4n) is 1.99. The molecule has 2 heterocycles. The van der Waals surface area contributed by atoms with Gasteiger partial charge in [-0.3, -0.25) is 0 Å². The Morgan fingerprint density at radius 2 is 2.15 bits per heavy atom. The number of hydrogen-bond donors (Lipinski definition) is 1. The molecule has 0 amide bonds. The van der Waals surface area contributed by atoms with Gasteiger partial charge in [-0.05, 0) is 13.3 Å². The lowest BCUT2D eigenvalue weighted by molar-refractivity contribution is -0.141. The number of rotatable bonds is 5. The summed E-state index contributed by atoms with van der Waals surface area (Å²) in [6.45, 7) is 4.08. The fraction of sp³-hybridized carbons (Fsp3) is 0.538. The third kappa shape index (κ3) is 3.20. The van der Waals surface area contributed by atoms with E-state index in [2.05, 4.69) is 22.3 Å². The second-order valence-corrected chi connectivity index (χ2v) is 4.82. The molecular formula is C13H17F3N4. The number of hydrogen-bond acceptors (Lipinski definition) is 3. The minimum Gasteiger partial charge on any atom is -0.366 e. The number of anilines is 1. The van der Waals surface area contributed by atoms with Crippen molar-refractivity contribution in [3.05, 3.63) is 24.2 Å². The van der Waals surface area contributed by atoms with Gasteiger partial charge in [-0.15, -0.1) is 0 Å². The average molecular weight is 286 g/mol. The molecule has 0 aromatic carbocycles. The highest BCUT2D eigenvalue weighted by Crippen LogP contribution is 2.30. The lowest BCUT2D eigenvalue weighted by atomic mass is 10.1. The highest BCUT2D eigenvalue weighted by molar-refractivity contribution is 5.68. The van der Waals surface area contributed by atoms with E-state index in [9.17, 15) is 13.2 Å². The zero-order chi connectivity index (χ0) is 14.8. The van der Waals surface area contributed by atoms with Crippen molar-refractivity contribution in [3.8, 4) is 0 Å². The van der Waals surface area contributed by atoms with Crippen molar-refractivity contribution < 1.29 is 13.2 Å². The van der Waals surface area contributed by atoms with E-state index in [0.29, 0.717) is 11.3 Å². The molecule has 0 saturated heterocycles. The molecule has 7 heteroatoms. The highest BCUT2D eigenvalue weighted by atomic mass is 19.4. The molecule has 0 radical (unpaired) electrons. The van der Waals surface area contributed by atoms with Crippen LogP contribution >= 0.6 is 0 Å². The van der Waals surface area contributed by atoms with Gasteiger partial charge in [0.2, 0.25) is 0 Å². The smallest absolute Gasteiger partial charge is 0.366 e. The fourth-order valence-corrected chi connectivity index (χ4v) is 1.99. The van der Waals surface area contributed by atoms with Crippen molar-refractivity contribution in [2.45, 2.75) is 45.3 Å². The molecule has 1 atom stereocenters. The molecule has 2 aromatic heterocycles. The summed E-state index contributed by atoms with van der Waals surface area (Å²) in [6, 6.07) is 1.17. The maximum atomic E-state index is 12.7. The van der Waals surface area contributed by atoms with Crippen LogP contribution in [0.5, 0.6) is 0 Å². The molecule has 0 aliphatic carbocycles. The Balaban J connectivity index is 2.27. The Bertz CT molecular complexity index is 576. The first kappa shape index (κ1) is 14.6. The van der Waals surface area contributed by atoms with Crippen LogP contribution in [0.1, 0.15) is 38.8 Å². The number of fused-ring (bicyclic) bond motifs is 1. The molecule has 110 valence electrons. The predicted octanol–water partition coefficient (Wildman–Crippen LogP) is 3.74. The molecule has 2 aromatic rings. The van der Waals surface area contributed by atoms with E-state index in [0.717, 1.165) is 25.3 Å². The molecule has 20 heavy (non-hydrogen) atoms. The van der Waals surface area contributed by atoms with Gasteiger partial charge in [0.05, 0.1) is 0 Å². The molecule has 0 spiro atoms. The standard InChI is InChI=1S/C13H17F3N4/c1-3-4-5-9(2)18-12-10-8-11(13(14,15)16)19-20(10)7-6-17-12/h6-9H,3-5H2,1-2H3,(H,17,18). The first-order chi connectivity index (χ1) is 9.41. The van der Waals surface area contributed by atoms with Crippen molar-refractivity contribution in [1.82, 2.24) is 14.6 Å². The number of nitrogens with one attached hydrogen (secondary N) is 1. The summed E-state index contributed by atoms with van der Waals surface area (Å²) < 4.78 is 39.2. The quantitative estimate of drug-likeness (QED) is 0.910. The zero-order valence-electron chi connectivity index (χ0n) is 11.4. The summed E-state index contributed by atoms with van der Waals surface area (Å²) >= 11 is 0. The Kier molecular flexibility index (Phi) is 4.15. The lowest BCUT2D eigenvalue weighted by Crippen LogP contribution is -2.16. The van der Waals surface area contributed by atoms with Crippen LogP contribution in [0.3, 0.4) is 0 Å². The van der Waals surface area contributed by atoms with E-state index in [1.54, 1.807) is 0 Å². The summed E-state index contributed by atoms with van der Waals surface area (Å²) in [7, 11) is 0. The summed E-state index contributed by atoms with van der Waals surface area (Å²) in [5, 5.41) is 6.67. The molecule has 4 nitrogen and oxygen atoms in total. The Morgan fingerprint density at radius 3 is 2.80 bits per heavy atom. The molecule has 0 aliphatic heterocycles. The number of unbranched alkanes of at least 4 members (excludes halogenated alkanes) is 1. The zero-order valence-corrected chi connectivity index (χ0v) is 11.4. The number of nitrogens with zero attached hydrogens (tertiary/aromatic N) is 3. The van der Waals surface area contributed by atoms with Gasteiger partial charge in [0, 0.05) is 24.5 Å². The van der Waals surface area contributed by atoms with Gasteiger partial charge in [0.15, 0.2) is 11.5 Å². The van der Waals surface area contributed by atoms with Crippen molar-refractivity contribution >= 4 is 11.3 Å². The number of aromatic nitrogens is 3. The third-order valence-electron chi connectivity index (χ3n) is 3.05. The van der Waals surface area contributed by atoms with Gasteiger partial charge in [0.1, 0.15) is 5.52 Å². The number of halogens is 3. The summed E-state index contributed by atoms with van der Waals surface area (Å²) in [5.41, 5.74) is -0.571. The Labute approximate surface area is 115 Å². The van der Waals surface area contributed by atoms with Gasteiger partial charge < -0.3 is 5.32 Å². The van der Waals surface area contributed by atoms with Crippen molar-refractivity contribution in [2.75, 3.05) is 5.32 Å². The van der Waals surface area contributed by atoms with Gasteiger partial charge in [-0.2, -0.15) is 18.3 Å². The van der Waals surface area contributed by atoms with Gasteiger partial charge in [-0.25, -0.2) is 9.50 Å². The molecule has 0 fully saturated rings. The largest absolute Gasteiger partial charge is 0.435 e. The maximum absolute atomic E-state index is 12.7. The second-order valence-electron chi connectivity index (χ2n) is 4.82. The molecule has 1 unspecified atom stereocenters. The Hall–Kier alpha value is -1.79. The molecule has 0 saturated carbocycles. The summed E-state index contributed by atoms with van der Waals surface area (Å²) in [6.07, 6.45) is 1.48. The van der Waals surface area contributed by atoms with Crippen LogP contribution < -0.4 is 5.32 Å². The molecule has 0 bridgehead atoms. The van der Waals surface area contributed by atoms with Crippen LogP contribution in [0.4, 0.5) is 19.0 Å². The van der Waals surface area contributed by atoms with Crippen LogP contribution in [0.2, 0.25) is 0 Å². The van der Waals surface area contributed by atoms with E-state index in [4.69, 9.17) is 0 Å². The highest BCUT2D eigenvalue weighted by Gasteiger charge is 2.34. The van der Waals surface area contributed by atoms with Gasteiger partial charge in [-0.1, -0.05) is 19.8 Å². The average Bonchev–Trinajstić information content (AvgIpc) is 2.81. The van der Waals surface area contributed by atoms with Crippen LogP contribution in [-0.4, -0.2) is 20.6 Å². The van der Waals surface area contributed by atoms with E-state index in [-0.39, 0.29) is 6.04 Å². The van der Waals surface area contributed by atoms with Crippen molar-refractivity contribution in [2.24, 2.45) is 0 Å². The predicted molar refractivity (Wildman–Crippen MR) is 70.6 cm³/mol. The van der Waals surface area contributed by atoms with Gasteiger partial charge in [0.25, 0.3) is 0 Å². The maximum Gasteiger partial charge on any atom is 0.435 e. The number of alkyl halides is 3. The van der Waals surface area contributed by atoms with E-state index in [1.165, 1.54) is 16.9 Å². The van der Waals surface area contributed by atoms with Crippen LogP contribution in [0.15, 0.2) is 18.5 Å². The van der Waals surface area contributed by atoms with Crippen molar-refractivity contribution in [1.29, 1.82) is 0 Å². The van der Waals surface area contributed by atoms with Crippen LogP contribution in [-0.2, 0) is 6.18 Å².